The van der Waals surface area contributed by atoms with Crippen molar-refractivity contribution in [2.24, 2.45) is 5.73 Å². The van der Waals surface area contributed by atoms with Crippen LogP contribution in [0.15, 0.2) is 18.2 Å². The van der Waals surface area contributed by atoms with Gasteiger partial charge in [-0.3, -0.25) is 10.1 Å². The minimum atomic E-state index is -0.356. The van der Waals surface area contributed by atoms with Gasteiger partial charge in [-0.1, -0.05) is 25.0 Å². The monoisotopic (exact) mass is 287 g/mol. The van der Waals surface area contributed by atoms with E-state index < -0.39 is 0 Å². The number of nitrogens with zero attached hydrogens (tertiary/aromatic N) is 1. The highest BCUT2D eigenvalue weighted by Crippen LogP contribution is 2.29. The number of fused-ring (bicyclic) bond motifs is 1. The first-order valence-electron chi connectivity index (χ1n) is 8.04. The van der Waals surface area contributed by atoms with Crippen molar-refractivity contribution in [3.05, 3.63) is 29.3 Å². The van der Waals surface area contributed by atoms with Crippen molar-refractivity contribution in [1.82, 2.24) is 5.32 Å². The molecule has 4 nitrogen and oxygen atoms in total. The molecule has 1 fully saturated rings. The van der Waals surface area contributed by atoms with E-state index in [9.17, 15) is 4.79 Å². The molecule has 1 aliphatic heterocycles. The molecule has 1 aliphatic carbocycles. The first-order valence-corrected chi connectivity index (χ1v) is 8.04. The molecule has 3 N–H and O–H groups in total. The summed E-state index contributed by atoms with van der Waals surface area (Å²) in [7, 11) is 2.13. The first kappa shape index (κ1) is 14.4. The van der Waals surface area contributed by atoms with Crippen molar-refractivity contribution in [2.45, 2.75) is 50.6 Å². The molecule has 1 aromatic carbocycles. The van der Waals surface area contributed by atoms with E-state index in [0.717, 1.165) is 31.4 Å². The number of hydrogen-bond donors (Lipinski definition) is 2. The van der Waals surface area contributed by atoms with Crippen molar-refractivity contribution in [2.75, 3.05) is 18.5 Å². The molecular formula is C17H25N3O. The van der Waals surface area contributed by atoms with E-state index in [1.807, 2.05) is 0 Å². The molecule has 0 spiro atoms. The van der Waals surface area contributed by atoms with Gasteiger partial charge >= 0.3 is 0 Å². The zero-order chi connectivity index (χ0) is 14.8. The minimum Gasteiger partial charge on any atom is -0.374 e. The Labute approximate surface area is 126 Å². The van der Waals surface area contributed by atoms with Crippen LogP contribution in [0.2, 0.25) is 0 Å². The van der Waals surface area contributed by atoms with E-state index in [1.165, 1.54) is 30.5 Å². The molecule has 0 saturated heterocycles. The molecule has 0 bridgehead atoms. The summed E-state index contributed by atoms with van der Waals surface area (Å²) in [5.41, 5.74) is 9.28. The Morgan fingerprint density at radius 1 is 1.33 bits per heavy atom. The molecule has 3 rings (SSSR count). The van der Waals surface area contributed by atoms with Crippen molar-refractivity contribution in [1.29, 1.82) is 0 Å². The van der Waals surface area contributed by atoms with Gasteiger partial charge in [-0.15, -0.1) is 0 Å². The lowest BCUT2D eigenvalue weighted by atomic mass is 9.96. The maximum absolute atomic E-state index is 11.9. The van der Waals surface area contributed by atoms with Crippen LogP contribution in [0.4, 0.5) is 5.69 Å². The molecule has 1 atom stereocenters. The van der Waals surface area contributed by atoms with Gasteiger partial charge < -0.3 is 10.6 Å². The molecule has 21 heavy (non-hydrogen) atoms. The maximum Gasteiger partial charge on any atom is 0.239 e. The van der Waals surface area contributed by atoms with Crippen LogP contribution < -0.4 is 16.0 Å². The standard InChI is InChI=1S/C17H25N3O/c1-20-10-4-5-12-11-13(8-9-15(12)20)16(17(18)21)19-14-6-2-3-7-14/h8-9,11,14,16,19H,2-7,10H2,1H3,(H2,18,21). The van der Waals surface area contributed by atoms with E-state index in [-0.39, 0.29) is 11.9 Å². The molecule has 1 aromatic rings. The van der Waals surface area contributed by atoms with Gasteiger partial charge in [0.2, 0.25) is 5.91 Å². The van der Waals surface area contributed by atoms with E-state index in [4.69, 9.17) is 5.73 Å². The minimum absolute atomic E-state index is 0.272. The lowest BCUT2D eigenvalue weighted by molar-refractivity contribution is -0.120. The highest BCUT2D eigenvalue weighted by atomic mass is 16.1. The second-order valence-electron chi connectivity index (χ2n) is 6.40. The number of benzene rings is 1. The zero-order valence-electron chi connectivity index (χ0n) is 12.8. The fourth-order valence-electron chi connectivity index (χ4n) is 3.66. The summed E-state index contributed by atoms with van der Waals surface area (Å²) in [6.45, 7) is 1.10. The van der Waals surface area contributed by atoms with Crippen molar-refractivity contribution >= 4 is 11.6 Å². The number of amides is 1. The number of nitrogens with one attached hydrogen (secondary N) is 1. The highest BCUT2D eigenvalue weighted by molar-refractivity contribution is 5.82. The fourth-order valence-corrected chi connectivity index (χ4v) is 3.66. The number of hydrogen-bond acceptors (Lipinski definition) is 3. The lowest BCUT2D eigenvalue weighted by Crippen LogP contribution is -2.39. The molecule has 1 amide bonds. The van der Waals surface area contributed by atoms with Gasteiger partial charge in [0.15, 0.2) is 0 Å². The van der Waals surface area contributed by atoms with Gasteiger partial charge in [-0.25, -0.2) is 0 Å². The summed E-state index contributed by atoms with van der Waals surface area (Å²) in [6.07, 6.45) is 7.05. The predicted octanol–water partition coefficient (Wildman–Crippen LogP) is 2.13. The third-order valence-electron chi connectivity index (χ3n) is 4.83. The first-order chi connectivity index (χ1) is 10.1. The van der Waals surface area contributed by atoms with Gasteiger partial charge in [0, 0.05) is 25.3 Å². The Morgan fingerprint density at radius 3 is 2.81 bits per heavy atom. The van der Waals surface area contributed by atoms with Crippen LogP contribution in [0.5, 0.6) is 0 Å². The number of primary amides is 1. The topological polar surface area (TPSA) is 58.4 Å². The normalized spacial score (nSPS) is 20.3. The van der Waals surface area contributed by atoms with Crippen LogP contribution in [0.3, 0.4) is 0 Å². The predicted molar refractivity (Wildman–Crippen MR) is 85.4 cm³/mol. The maximum atomic E-state index is 11.9. The zero-order valence-corrected chi connectivity index (χ0v) is 12.8. The smallest absolute Gasteiger partial charge is 0.239 e. The molecule has 1 unspecified atom stereocenters. The summed E-state index contributed by atoms with van der Waals surface area (Å²) in [5.74, 6) is -0.272. The van der Waals surface area contributed by atoms with E-state index in [2.05, 4.69) is 35.5 Å². The second kappa shape index (κ2) is 6.06. The average Bonchev–Trinajstić information content (AvgIpc) is 2.97. The number of carbonyl (C=O) groups is 1. The van der Waals surface area contributed by atoms with Crippen LogP contribution in [0.25, 0.3) is 0 Å². The fraction of sp³-hybridized carbons (Fsp3) is 0.588. The van der Waals surface area contributed by atoms with Crippen molar-refractivity contribution < 1.29 is 4.79 Å². The number of nitrogens with two attached hydrogens (primary N) is 1. The highest BCUT2D eigenvalue weighted by Gasteiger charge is 2.25. The molecule has 4 heteroatoms. The van der Waals surface area contributed by atoms with Gasteiger partial charge in [0.1, 0.15) is 6.04 Å². The van der Waals surface area contributed by atoms with E-state index in [1.54, 1.807) is 0 Å². The van der Waals surface area contributed by atoms with E-state index >= 15 is 0 Å². The van der Waals surface area contributed by atoms with E-state index in [0.29, 0.717) is 6.04 Å². The van der Waals surface area contributed by atoms with Crippen LogP contribution in [0.1, 0.15) is 49.3 Å². The lowest BCUT2D eigenvalue weighted by Gasteiger charge is -2.29. The molecule has 1 saturated carbocycles. The molecule has 114 valence electrons. The third kappa shape index (κ3) is 3.05. The molecule has 1 heterocycles. The largest absolute Gasteiger partial charge is 0.374 e. The summed E-state index contributed by atoms with van der Waals surface area (Å²) < 4.78 is 0. The van der Waals surface area contributed by atoms with Crippen molar-refractivity contribution in [3.8, 4) is 0 Å². The molecule has 2 aliphatic rings. The number of anilines is 1. The van der Waals surface area contributed by atoms with Gasteiger partial charge in [-0.05, 0) is 42.9 Å². The quantitative estimate of drug-likeness (QED) is 0.892. The Kier molecular flexibility index (Phi) is 4.15. The summed E-state index contributed by atoms with van der Waals surface area (Å²) >= 11 is 0. The van der Waals surface area contributed by atoms with Crippen LogP contribution >= 0.6 is 0 Å². The Balaban J connectivity index is 1.83. The molecule has 0 aromatic heterocycles. The average molecular weight is 287 g/mol. The second-order valence-corrected chi connectivity index (χ2v) is 6.40. The molecule has 0 radical (unpaired) electrons. The molecular weight excluding hydrogens is 262 g/mol. The van der Waals surface area contributed by atoms with Crippen LogP contribution in [0, 0.1) is 0 Å². The summed E-state index contributed by atoms with van der Waals surface area (Å²) in [6, 6.07) is 6.43. The van der Waals surface area contributed by atoms with Gasteiger partial charge in [0.25, 0.3) is 0 Å². The Morgan fingerprint density at radius 2 is 2.10 bits per heavy atom. The number of aryl methyl sites for hydroxylation is 1. The van der Waals surface area contributed by atoms with Gasteiger partial charge in [-0.2, -0.15) is 0 Å². The van der Waals surface area contributed by atoms with Gasteiger partial charge in [0.05, 0.1) is 0 Å². The number of carbonyl (C=O) groups excluding carboxylic acids is 1. The SMILES string of the molecule is CN1CCCc2cc(C(NC3CCCC3)C(N)=O)ccc21. The Bertz CT molecular complexity index is 523. The van der Waals surface area contributed by atoms with Crippen molar-refractivity contribution in [3.63, 3.8) is 0 Å². The third-order valence-corrected chi connectivity index (χ3v) is 4.83. The number of rotatable bonds is 4. The Hall–Kier alpha value is -1.55. The summed E-state index contributed by atoms with van der Waals surface area (Å²) in [5, 5.41) is 3.46. The van der Waals surface area contributed by atoms with Crippen LogP contribution in [-0.2, 0) is 11.2 Å². The summed E-state index contributed by atoms with van der Waals surface area (Å²) in [4.78, 5) is 14.2. The van der Waals surface area contributed by atoms with Crippen LogP contribution in [-0.4, -0.2) is 25.5 Å².